The molecule has 0 saturated heterocycles. The van der Waals surface area contributed by atoms with Gasteiger partial charge in [-0.25, -0.2) is 0 Å². The Morgan fingerprint density at radius 1 is 1.47 bits per heavy atom. The predicted molar refractivity (Wildman–Crippen MR) is 62.7 cm³/mol. The van der Waals surface area contributed by atoms with E-state index >= 15 is 0 Å². The fraction of sp³-hybridized carbons (Fsp3) is 0.667. The maximum atomic E-state index is 5.87. The Labute approximate surface area is 92.2 Å². The second kappa shape index (κ2) is 5.93. The second-order valence-electron chi connectivity index (χ2n) is 4.21. The molecule has 3 heteroatoms. The Morgan fingerprint density at radius 2 is 2.20 bits per heavy atom. The summed E-state index contributed by atoms with van der Waals surface area (Å²) in [6.45, 7) is 5.98. The zero-order chi connectivity index (χ0) is 11.3. The van der Waals surface area contributed by atoms with Gasteiger partial charge in [0, 0.05) is 6.04 Å². The van der Waals surface area contributed by atoms with Gasteiger partial charge in [0.15, 0.2) is 0 Å². The van der Waals surface area contributed by atoms with Crippen molar-refractivity contribution in [2.24, 2.45) is 5.73 Å². The highest BCUT2D eigenvalue weighted by molar-refractivity contribution is 5.05. The molecule has 1 atom stereocenters. The lowest BCUT2D eigenvalue weighted by Gasteiger charge is -2.17. The van der Waals surface area contributed by atoms with Crippen LogP contribution in [0.15, 0.2) is 16.5 Å². The van der Waals surface area contributed by atoms with Crippen molar-refractivity contribution in [3.05, 3.63) is 23.7 Å². The average Bonchev–Trinajstić information content (AvgIpc) is 2.60. The molecule has 0 bridgehead atoms. The van der Waals surface area contributed by atoms with Gasteiger partial charge in [0.2, 0.25) is 0 Å². The number of hydrogen-bond acceptors (Lipinski definition) is 3. The monoisotopic (exact) mass is 210 g/mol. The van der Waals surface area contributed by atoms with Crippen LogP contribution in [0, 0.1) is 6.92 Å². The van der Waals surface area contributed by atoms with E-state index in [1.165, 1.54) is 0 Å². The Balaban J connectivity index is 2.27. The molecule has 0 saturated carbocycles. The molecule has 1 unspecified atom stereocenters. The fourth-order valence-electron chi connectivity index (χ4n) is 1.51. The topological polar surface area (TPSA) is 42.4 Å². The fourth-order valence-corrected chi connectivity index (χ4v) is 1.51. The third-order valence-corrected chi connectivity index (χ3v) is 2.63. The summed E-state index contributed by atoms with van der Waals surface area (Å²) in [6.07, 6.45) is 2.10. The summed E-state index contributed by atoms with van der Waals surface area (Å²) in [5.74, 6) is 2.00. The first-order valence-electron chi connectivity index (χ1n) is 5.61. The lowest BCUT2D eigenvalue weighted by atomic mass is 10.1. The van der Waals surface area contributed by atoms with Gasteiger partial charge in [0.1, 0.15) is 11.5 Å². The van der Waals surface area contributed by atoms with E-state index in [0.717, 1.165) is 37.5 Å². The lowest BCUT2D eigenvalue weighted by molar-refractivity contribution is 0.280. The summed E-state index contributed by atoms with van der Waals surface area (Å²) in [5.41, 5.74) is 5.87. The average molecular weight is 210 g/mol. The van der Waals surface area contributed by atoms with Gasteiger partial charge in [-0.05, 0) is 45.5 Å². The first-order valence-corrected chi connectivity index (χ1v) is 5.61. The molecule has 0 aliphatic carbocycles. The number of aryl methyl sites for hydroxylation is 1. The molecule has 86 valence electrons. The zero-order valence-corrected chi connectivity index (χ0v) is 9.99. The van der Waals surface area contributed by atoms with Crippen LogP contribution in [0.5, 0.6) is 0 Å². The minimum atomic E-state index is 0.325. The van der Waals surface area contributed by atoms with E-state index in [9.17, 15) is 0 Å². The smallest absolute Gasteiger partial charge is 0.118 e. The maximum Gasteiger partial charge on any atom is 0.118 e. The van der Waals surface area contributed by atoms with Gasteiger partial charge in [-0.1, -0.05) is 6.92 Å². The van der Waals surface area contributed by atoms with Crippen molar-refractivity contribution in [1.29, 1.82) is 0 Å². The number of hydrogen-bond donors (Lipinski definition) is 1. The Bertz CT molecular complexity index is 283. The number of nitrogens with two attached hydrogens (primary N) is 1. The Kier molecular flexibility index (Phi) is 4.85. The van der Waals surface area contributed by atoms with Crippen molar-refractivity contribution in [1.82, 2.24) is 4.90 Å². The highest BCUT2D eigenvalue weighted by Crippen LogP contribution is 2.09. The maximum absolute atomic E-state index is 5.87. The van der Waals surface area contributed by atoms with Crippen molar-refractivity contribution >= 4 is 0 Å². The molecular weight excluding hydrogens is 188 g/mol. The van der Waals surface area contributed by atoms with Crippen LogP contribution in [0.1, 0.15) is 31.3 Å². The minimum absolute atomic E-state index is 0.325. The lowest BCUT2D eigenvalue weighted by Crippen LogP contribution is -2.27. The molecule has 1 rings (SSSR count). The first-order chi connectivity index (χ1) is 7.11. The number of nitrogens with zero attached hydrogens (tertiary/aromatic N) is 1. The summed E-state index contributed by atoms with van der Waals surface area (Å²) in [7, 11) is 2.10. The van der Waals surface area contributed by atoms with E-state index in [1.807, 2.05) is 19.1 Å². The molecule has 1 aromatic heterocycles. The number of rotatable bonds is 6. The van der Waals surface area contributed by atoms with Crippen molar-refractivity contribution in [2.45, 2.75) is 39.3 Å². The molecule has 0 fully saturated rings. The molecule has 3 nitrogen and oxygen atoms in total. The van der Waals surface area contributed by atoms with Gasteiger partial charge >= 0.3 is 0 Å². The molecule has 1 aromatic rings. The molecule has 0 spiro atoms. The van der Waals surface area contributed by atoms with Gasteiger partial charge in [0.25, 0.3) is 0 Å². The molecule has 0 radical (unpaired) electrons. The van der Waals surface area contributed by atoms with Crippen molar-refractivity contribution in [3.8, 4) is 0 Å². The summed E-state index contributed by atoms with van der Waals surface area (Å²) in [6, 6.07) is 4.36. The summed E-state index contributed by atoms with van der Waals surface area (Å²) >= 11 is 0. The SMILES string of the molecule is CCC(N)CCN(C)Cc1ccc(C)o1. The highest BCUT2D eigenvalue weighted by Gasteiger charge is 2.05. The van der Waals surface area contributed by atoms with Gasteiger partial charge < -0.3 is 10.2 Å². The van der Waals surface area contributed by atoms with Gasteiger partial charge in [0.05, 0.1) is 6.54 Å². The number of furan rings is 1. The zero-order valence-electron chi connectivity index (χ0n) is 9.99. The van der Waals surface area contributed by atoms with Crippen LogP contribution in [0.3, 0.4) is 0 Å². The van der Waals surface area contributed by atoms with Crippen LogP contribution in [0.4, 0.5) is 0 Å². The quantitative estimate of drug-likeness (QED) is 0.782. The van der Waals surface area contributed by atoms with E-state index in [2.05, 4.69) is 18.9 Å². The highest BCUT2D eigenvalue weighted by atomic mass is 16.3. The minimum Gasteiger partial charge on any atom is -0.465 e. The van der Waals surface area contributed by atoms with Gasteiger partial charge in [-0.3, -0.25) is 4.90 Å². The molecule has 0 amide bonds. The third-order valence-electron chi connectivity index (χ3n) is 2.63. The molecule has 0 aromatic carbocycles. The van der Waals surface area contributed by atoms with Gasteiger partial charge in [-0.15, -0.1) is 0 Å². The summed E-state index contributed by atoms with van der Waals surface area (Å²) in [5, 5.41) is 0. The van der Waals surface area contributed by atoms with E-state index in [0.29, 0.717) is 6.04 Å². The van der Waals surface area contributed by atoms with E-state index < -0.39 is 0 Å². The summed E-state index contributed by atoms with van der Waals surface area (Å²) < 4.78 is 5.51. The van der Waals surface area contributed by atoms with Crippen LogP contribution in [0.2, 0.25) is 0 Å². The normalized spacial score (nSPS) is 13.4. The van der Waals surface area contributed by atoms with Crippen molar-refractivity contribution in [2.75, 3.05) is 13.6 Å². The molecule has 0 aliphatic rings. The standard InChI is InChI=1S/C12H22N2O/c1-4-11(13)7-8-14(3)9-12-6-5-10(2)15-12/h5-6,11H,4,7-9,13H2,1-3H3. The van der Waals surface area contributed by atoms with Crippen LogP contribution in [-0.4, -0.2) is 24.5 Å². The van der Waals surface area contributed by atoms with E-state index in [4.69, 9.17) is 10.2 Å². The van der Waals surface area contributed by atoms with Crippen molar-refractivity contribution < 1.29 is 4.42 Å². The Hall–Kier alpha value is -0.800. The molecule has 2 N–H and O–H groups in total. The van der Waals surface area contributed by atoms with Gasteiger partial charge in [-0.2, -0.15) is 0 Å². The first kappa shape index (κ1) is 12.3. The second-order valence-corrected chi connectivity index (χ2v) is 4.21. The van der Waals surface area contributed by atoms with Crippen LogP contribution < -0.4 is 5.73 Å². The largest absolute Gasteiger partial charge is 0.465 e. The molecule has 15 heavy (non-hydrogen) atoms. The summed E-state index contributed by atoms with van der Waals surface area (Å²) in [4.78, 5) is 2.24. The van der Waals surface area contributed by atoms with E-state index in [1.54, 1.807) is 0 Å². The van der Waals surface area contributed by atoms with Crippen LogP contribution in [-0.2, 0) is 6.54 Å². The predicted octanol–water partition coefficient (Wildman–Crippen LogP) is 2.15. The molecular formula is C12H22N2O. The van der Waals surface area contributed by atoms with Crippen molar-refractivity contribution in [3.63, 3.8) is 0 Å². The van der Waals surface area contributed by atoms with E-state index in [-0.39, 0.29) is 0 Å². The molecule has 1 heterocycles. The molecule has 0 aliphatic heterocycles. The Morgan fingerprint density at radius 3 is 2.73 bits per heavy atom. The van der Waals surface area contributed by atoms with Crippen LogP contribution >= 0.6 is 0 Å². The van der Waals surface area contributed by atoms with Crippen LogP contribution in [0.25, 0.3) is 0 Å². The third kappa shape index (κ3) is 4.49.